The van der Waals surface area contributed by atoms with E-state index in [9.17, 15) is 0 Å². The number of hydrogen-bond donors (Lipinski definition) is 0. The first-order chi connectivity index (χ1) is 13.6. The van der Waals surface area contributed by atoms with E-state index in [4.69, 9.17) is 18.9 Å². The molecule has 28 heavy (non-hydrogen) atoms. The molecule has 4 unspecified atom stereocenters. The van der Waals surface area contributed by atoms with Crippen LogP contribution in [0.5, 0.6) is 0 Å². The van der Waals surface area contributed by atoms with Gasteiger partial charge in [-0.05, 0) is 36.1 Å². The van der Waals surface area contributed by atoms with Crippen LogP contribution in [-0.4, -0.2) is 86.8 Å². The first kappa shape index (κ1) is 19.0. The second-order valence-electron chi connectivity index (χ2n) is 8.91. The molecule has 4 atom stereocenters. The smallest absolute Gasteiger partial charge is 0.0936 e. The van der Waals surface area contributed by atoms with Crippen molar-refractivity contribution in [2.75, 3.05) is 52.6 Å². The summed E-state index contributed by atoms with van der Waals surface area (Å²) in [6.07, 6.45) is 1.65. The minimum Gasteiger partial charge on any atom is -0.372 e. The van der Waals surface area contributed by atoms with Crippen LogP contribution in [0.15, 0.2) is 12.1 Å². The molecule has 0 spiro atoms. The Labute approximate surface area is 167 Å². The Morgan fingerprint density at radius 1 is 0.643 bits per heavy atom. The fourth-order valence-corrected chi connectivity index (χ4v) is 4.02. The Morgan fingerprint density at radius 3 is 1.25 bits per heavy atom. The van der Waals surface area contributed by atoms with Crippen LogP contribution in [0.2, 0.25) is 0 Å². The van der Waals surface area contributed by atoms with Crippen LogP contribution >= 0.6 is 0 Å². The Kier molecular flexibility index (Phi) is 5.43. The van der Waals surface area contributed by atoms with Crippen LogP contribution < -0.4 is 0 Å². The van der Waals surface area contributed by atoms with Gasteiger partial charge in [-0.3, -0.25) is 9.80 Å². The van der Waals surface area contributed by atoms with Gasteiger partial charge in [-0.15, -0.1) is 0 Å². The monoisotopic (exact) mass is 388 g/mol. The summed E-state index contributed by atoms with van der Waals surface area (Å²) in [4.78, 5) is 5.01. The maximum absolute atomic E-state index is 5.48. The molecule has 4 fully saturated rings. The van der Waals surface area contributed by atoms with Crippen molar-refractivity contribution in [3.8, 4) is 0 Å². The van der Waals surface area contributed by atoms with Gasteiger partial charge in [0.15, 0.2) is 0 Å². The molecular formula is C22H32N2O4. The molecule has 0 aliphatic carbocycles. The Balaban J connectivity index is 1.28. The molecule has 0 aromatic heterocycles. The molecule has 0 saturated carbocycles. The summed E-state index contributed by atoms with van der Waals surface area (Å²) >= 11 is 0. The summed E-state index contributed by atoms with van der Waals surface area (Å²) in [6, 6.07) is 4.78. The van der Waals surface area contributed by atoms with Gasteiger partial charge < -0.3 is 18.9 Å². The number of ether oxygens (including phenoxy) is 4. The van der Waals surface area contributed by atoms with Crippen molar-refractivity contribution >= 4 is 0 Å². The molecule has 154 valence electrons. The highest BCUT2D eigenvalue weighted by Gasteiger charge is 2.32. The zero-order valence-corrected chi connectivity index (χ0v) is 17.1. The van der Waals surface area contributed by atoms with E-state index in [2.05, 4.69) is 35.8 Å². The number of epoxide rings is 4. The summed E-state index contributed by atoms with van der Waals surface area (Å²) in [5.41, 5.74) is 5.60. The van der Waals surface area contributed by atoms with Crippen LogP contribution in [-0.2, 0) is 32.0 Å². The van der Waals surface area contributed by atoms with Crippen molar-refractivity contribution in [1.82, 2.24) is 9.80 Å². The van der Waals surface area contributed by atoms with Crippen molar-refractivity contribution in [3.05, 3.63) is 34.4 Å². The van der Waals surface area contributed by atoms with Gasteiger partial charge in [0.2, 0.25) is 0 Å². The highest BCUT2D eigenvalue weighted by molar-refractivity contribution is 5.37. The standard InChI is InChI=1S/C22H32N2O4/c1-15-3-16(2)18(6-24(9-21-13-27-21)10-22-14-28-22)4-17(15)5-23(7-19-11-25-19)8-20-12-26-20/h3-4,19-22H,5-14H2,1-2H3. The van der Waals surface area contributed by atoms with Gasteiger partial charge in [-0.2, -0.15) is 0 Å². The maximum Gasteiger partial charge on any atom is 0.0936 e. The largest absolute Gasteiger partial charge is 0.372 e. The third kappa shape index (κ3) is 5.53. The van der Waals surface area contributed by atoms with E-state index >= 15 is 0 Å². The lowest BCUT2D eigenvalue weighted by Gasteiger charge is -2.25. The number of nitrogens with zero attached hydrogens (tertiary/aromatic N) is 2. The summed E-state index contributed by atoms with van der Waals surface area (Å²) < 4.78 is 21.9. The van der Waals surface area contributed by atoms with Crippen LogP contribution in [0.3, 0.4) is 0 Å². The predicted octanol–water partition coefficient (Wildman–Crippen LogP) is 1.50. The van der Waals surface area contributed by atoms with Crippen molar-refractivity contribution in [2.45, 2.75) is 51.4 Å². The average molecular weight is 389 g/mol. The SMILES string of the molecule is Cc1cc(C)c(CN(CC2CO2)CC2CO2)cc1CN(CC1CO1)CC1CO1. The molecule has 4 saturated heterocycles. The lowest BCUT2D eigenvalue weighted by Crippen LogP contribution is -2.32. The molecule has 6 heteroatoms. The predicted molar refractivity (Wildman–Crippen MR) is 105 cm³/mol. The number of hydrogen-bond acceptors (Lipinski definition) is 6. The van der Waals surface area contributed by atoms with Crippen molar-refractivity contribution in [2.24, 2.45) is 0 Å². The minimum absolute atomic E-state index is 0.413. The molecule has 4 aliphatic heterocycles. The molecule has 4 heterocycles. The zero-order valence-electron chi connectivity index (χ0n) is 17.1. The van der Waals surface area contributed by atoms with Crippen LogP contribution in [0.4, 0.5) is 0 Å². The zero-order chi connectivity index (χ0) is 19.1. The van der Waals surface area contributed by atoms with E-state index < -0.39 is 0 Å². The van der Waals surface area contributed by atoms with Crippen molar-refractivity contribution < 1.29 is 18.9 Å². The average Bonchev–Trinajstić information content (AvgIpc) is 3.49. The molecule has 0 bridgehead atoms. The first-order valence-electron chi connectivity index (χ1n) is 10.6. The third-order valence-corrected chi connectivity index (χ3v) is 6.04. The van der Waals surface area contributed by atoms with Gasteiger partial charge in [0.05, 0.1) is 50.8 Å². The summed E-state index contributed by atoms with van der Waals surface area (Å²) in [5.74, 6) is 0. The molecule has 5 rings (SSSR count). The number of rotatable bonds is 12. The first-order valence-corrected chi connectivity index (χ1v) is 10.6. The van der Waals surface area contributed by atoms with Gasteiger partial charge >= 0.3 is 0 Å². The molecule has 1 aromatic rings. The van der Waals surface area contributed by atoms with Crippen molar-refractivity contribution in [3.63, 3.8) is 0 Å². The fraction of sp³-hybridized carbons (Fsp3) is 0.727. The molecule has 6 nitrogen and oxygen atoms in total. The molecule has 1 aromatic carbocycles. The molecule has 4 aliphatic rings. The summed E-state index contributed by atoms with van der Waals surface area (Å²) in [5, 5.41) is 0. The van der Waals surface area contributed by atoms with Crippen LogP contribution in [0.1, 0.15) is 22.3 Å². The molecule has 0 N–H and O–H groups in total. The second-order valence-corrected chi connectivity index (χ2v) is 8.91. The van der Waals surface area contributed by atoms with Crippen LogP contribution in [0, 0.1) is 13.8 Å². The van der Waals surface area contributed by atoms with Gasteiger partial charge in [0.1, 0.15) is 0 Å². The highest BCUT2D eigenvalue weighted by atomic mass is 16.6. The summed E-state index contributed by atoms with van der Waals surface area (Å²) in [7, 11) is 0. The molecule has 0 radical (unpaired) electrons. The van der Waals surface area contributed by atoms with Gasteiger partial charge in [-0.25, -0.2) is 0 Å². The van der Waals surface area contributed by atoms with Crippen molar-refractivity contribution in [1.29, 1.82) is 0 Å². The molecular weight excluding hydrogens is 356 g/mol. The Morgan fingerprint density at radius 2 is 0.964 bits per heavy atom. The van der Waals surface area contributed by atoms with Gasteiger partial charge in [-0.1, -0.05) is 12.1 Å². The van der Waals surface area contributed by atoms with Gasteiger partial charge in [0, 0.05) is 39.3 Å². The van der Waals surface area contributed by atoms with E-state index in [1.807, 2.05) is 0 Å². The fourth-order valence-electron chi connectivity index (χ4n) is 4.02. The van der Waals surface area contributed by atoms with E-state index in [0.717, 1.165) is 65.7 Å². The summed E-state index contributed by atoms with van der Waals surface area (Å²) in [6.45, 7) is 14.1. The van der Waals surface area contributed by atoms with E-state index in [-0.39, 0.29) is 0 Å². The lowest BCUT2D eigenvalue weighted by atomic mass is 9.98. The minimum atomic E-state index is 0.413. The number of aryl methyl sites for hydroxylation is 2. The normalized spacial score (nSPS) is 30.1. The lowest BCUT2D eigenvalue weighted by molar-refractivity contribution is 0.210. The van der Waals surface area contributed by atoms with E-state index in [1.165, 1.54) is 22.3 Å². The van der Waals surface area contributed by atoms with E-state index in [1.54, 1.807) is 0 Å². The highest BCUT2D eigenvalue weighted by Crippen LogP contribution is 2.24. The van der Waals surface area contributed by atoms with Crippen LogP contribution in [0.25, 0.3) is 0 Å². The number of benzene rings is 1. The topological polar surface area (TPSA) is 56.6 Å². The molecule has 0 amide bonds. The Bertz CT molecular complexity index is 613. The van der Waals surface area contributed by atoms with E-state index in [0.29, 0.717) is 24.4 Å². The third-order valence-electron chi connectivity index (χ3n) is 6.04. The van der Waals surface area contributed by atoms with Gasteiger partial charge in [0.25, 0.3) is 0 Å². The second kappa shape index (κ2) is 8.01. The quantitative estimate of drug-likeness (QED) is 0.506. The maximum atomic E-state index is 5.48. The Hall–Kier alpha value is -1.02.